The lowest BCUT2D eigenvalue weighted by atomic mass is 10.1. The average Bonchev–Trinajstić information content (AvgIpc) is 3.06. The number of rotatable bonds is 5. The van der Waals surface area contributed by atoms with E-state index in [1.54, 1.807) is 17.0 Å². The molecule has 3 aromatic carbocycles. The predicted octanol–water partition coefficient (Wildman–Crippen LogP) is 3.28. The molecule has 3 aromatic rings. The van der Waals surface area contributed by atoms with E-state index in [2.05, 4.69) is 5.32 Å². The minimum atomic E-state index is -0.355. The van der Waals surface area contributed by atoms with Crippen molar-refractivity contribution in [2.24, 2.45) is 0 Å². The molecule has 5 nitrogen and oxygen atoms in total. The minimum absolute atomic E-state index is 0.104. The second kappa shape index (κ2) is 7.68. The number of halogens is 1. The van der Waals surface area contributed by atoms with Crippen LogP contribution in [0.15, 0.2) is 66.7 Å². The van der Waals surface area contributed by atoms with Gasteiger partial charge in [0.1, 0.15) is 11.6 Å². The van der Waals surface area contributed by atoms with Crippen LogP contribution in [-0.2, 0) is 9.59 Å². The molecule has 1 saturated heterocycles. The third kappa shape index (κ3) is 3.96. The van der Waals surface area contributed by atoms with Crippen molar-refractivity contribution < 1.29 is 18.7 Å². The fourth-order valence-electron chi connectivity index (χ4n) is 3.35. The third-order valence-electron chi connectivity index (χ3n) is 4.72. The predicted molar refractivity (Wildman–Crippen MR) is 105 cm³/mol. The number of anilines is 1. The van der Waals surface area contributed by atoms with Crippen LogP contribution in [0.3, 0.4) is 0 Å². The Hall–Kier alpha value is -3.41. The maximum atomic E-state index is 13.1. The molecule has 0 radical (unpaired) electrons. The van der Waals surface area contributed by atoms with Crippen molar-refractivity contribution in [3.05, 3.63) is 72.5 Å². The van der Waals surface area contributed by atoms with Gasteiger partial charge in [-0.15, -0.1) is 0 Å². The summed E-state index contributed by atoms with van der Waals surface area (Å²) < 4.78 is 18.6. The SMILES string of the molecule is O=C(COc1ccc2ccccc2c1)N[C@@H]1CC(=O)N(c2ccc(F)cc2)C1. The van der Waals surface area contributed by atoms with Crippen LogP contribution in [0, 0.1) is 5.82 Å². The summed E-state index contributed by atoms with van der Waals surface area (Å²) in [6.07, 6.45) is 0.207. The summed E-state index contributed by atoms with van der Waals surface area (Å²) in [4.78, 5) is 26.0. The Balaban J connectivity index is 1.32. The topological polar surface area (TPSA) is 58.6 Å². The summed E-state index contributed by atoms with van der Waals surface area (Å²) >= 11 is 0. The van der Waals surface area contributed by atoms with Gasteiger partial charge in [-0.05, 0) is 47.2 Å². The average molecular weight is 378 g/mol. The largest absolute Gasteiger partial charge is 0.484 e. The van der Waals surface area contributed by atoms with Crippen molar-refractivity contribution in [3.8, 4) is 5.75 Å². The molecule has 0 bridgehead atoms. The van der Waals surface area contributed by atoms with Gasteiger partial charge >= 0.3 is 0 Å². The van der Waals surface area contributed by atoms with Gasteiger partial charge in [-0.25, -0.2) is 4.39 Å². The molecular formula is C22H19FN2O3. The van der Waals surface area contributed by atoms with Crippen LogP contribution < -0.4 is 15.0 Å². The highest BCUT2D eigenvalue weighted by Gasteiger charge is 2.31. The fourth-order valence-corrected chi connectivity index (χ4v) is 3.35. The first kappa shape index (κ1) is 18.0. The monoisotopic (exact) mass is 378 g/mol. The van der Waals surface area contributed by atoms with Crippen LogP contribution in [0.25, 0.3) is 10.8 Å². The molecular weight excluding hydrogens is 359 g/mol. The van der Waals surface area contributed by atoms with Crippen molar-refractivity contribution in [2.45, 2.75) is 12.5 Å². The first-order valence-corrected chi connectivity index (χ1v) is 9.05. The van der Waals surface area contributed by atoms with Gasteiger partial charge in [-0.2, -0.15) is 0 Å². The Bertz CT molecular complexity index is 1020. The normalized spacial score (nSPS) is 16.4. The molecule has 2 amide bonds. The number of carbonyl (C=O) groups excluding carboxylic acids is 2. The van der Waals surface area contributed by atoms with Gasteiger partial charge in [0.05, 0.1) is 6.04 Å². The van der Waals surface area contributed by atoms with Crippen LogP contribution >= 0.6 is 0 Å². The fraction of sp³-hybridized carbons (Fsp3) is 0.182. The first-order chi connectivity index (χ1) is 13.6. The zero-order valence-electron chi connectivity index (χ0n) is 15.1. The standard InChI is InChI=1S/C22H19FN2O3/c23-17-6-8-19(9-7-17)25-13-18(12-22(25)27)24-21(26)14-28-20-10-5-15-3-1-2-4-16(15)11-20/h1-11,18H,12-14H2,(H,24,26)/t18-/m1/s1. The minimum Gasteiger partial charge on any atom is -0.484 e. The van der Waals surface area contributed by atoms with Crippen LogP contribution in [-0.4, -0.2) is 31.0 Å². The van der Waals surface area contributed by atoms with E-state index in [9.17, 15) is 14.0 Å². The summed E-state index contributed by atoms with van der Waals surface area (Å²) in [5.74, 6) is -0.130. The number of hydrogen-bond donors (Lipinski definition) is 1. The van der Waals surface area contributed by atoms with Crippen molar-refractivity contribution in [1.82, 2.24) is 5.32 Å². The highest BCUT2D eigenvalue weighted by Crippen LogP contribution is 2.22. The molecule has 4 rings (SSSR count). The molecule has 1 atom stereocenters. The van der Waals surface area contributed by atoms with E-state index in [1.807, 2.05) is 42.5 Å². The summed E-state index contributed by atoms with van der Waals surface area (Å²) in [5, 5.41) is 4.97. The number of fused-ring (bicyclic) bond motifs is 1. The third-order valence-corrected chi connectivity index (χ3v) is 4.72. The molecule has 0 unspecified atom stereocenters. The highest BCUT2D eigenvalue weighted by atomic mass is 19.1. The smallest absolute Gasteiger partial charge is 0.258 e. The highest BCUT2D eigenvalue weighted by molar-refractivity contribution is 5.96. The van der Waals surface area contributed by atoms with E-state index in [0.29, 0.717) is 18.0 Å². The summed E-state index contributed by atoms with van der Waals surface area (Å²) in [5.41, 5.74) is 0.621. The molecule has 1 heterocycles. The molecule has 142 valence electrons. The van der Waals surface area contributed by atoms with Gasteiger partial charge in [0, 0.05) is 18.7 Å². The number of amides is 2. The summed E-state index contributed by atoms with van der Waals surface area (Å²) in [7, 11) is 0. The number of hydrogen-bond acceptors (Lipinski definition) is 3. The van der Waals surface area contributed by atoms with Crippen LogP contribution in [0.4, 0.5) is 10.1 Å². The van der Waals surface area contributed by atoms with Crippen molar-refractivity contribution in [1.29, 1.82) is 0 Å². The van der Waals surface area contributed by atoms with Crippen LogP contribution in [0.2, 0.25) is 0 Å². The molecule has 0 aliphatic carbocycles. The quantitative estimate of drug-likeness (QED) is 0.741. The van der Waals surface area contributed by atoms with E-state index < -0.39 is 0 Å². The Kier molecular flexibility index (Phi) is 4.93. The van der Waals surface area contributed by atoms with Crippen molar-refractivity contribution >= 4 is 28.3 Å². The lowest BCUT2D eigenvalue weighted by molar-refractivity contribution is -0.123. The second-order valence-electron chi connectivity index (χ2n) is 6.75. The van der Waals surface area contributed by atoms with E-state index in [0.717, 1.165) is 10.8 Å². The van der Waals surface area contributed by atoms with Gasteiger partial charge in [-0.1, -0.05) is 30.3 Å². The van der Waals surface area contributed by atoms with Gasteiger partial charge in [-0.3, -0.25) is 9.59 Å². The Labute approximate surface area is 161 Å². The molecule has 6 heteroatoms. The number of ether oxygens (including phenoxy) is 1. The van der Waals surface area contributed by atoms with Crippen molar-refractivity contribution in [3.63, 3.8) is 0 Å². The van der Waals surface area contributed by atoms with Gasteiger partial charge in [0.2, 0.25) is 5.91 Å². The lowest BCUT2D eigenvalue weighted by Crippen LogP contribution is -2.39. The maximum Gasteiger partial charge on any atom is 0.258 e. The van der Waals surface area contributed by atoms with Crippen LogP contribution in [0.1, 0.15) is 6.42 Å². The number of carbonyl (C=O) groups is 2. The molecule has 1 aliphatic heterocycles. The molecule has 0 aromatic heterocycles. The Morgan fingerprint density at radius 2 is 1.82 bits per heavy atom. The molecule has 0 spiro atoms. The first-order valence-electron chi connectivity index (χ1n) is 9.05. The van der Waals surface area contributed by atoms with Gasteiger partial charge in [0.25, 0.3) is 5.91 Å². The summed E-state index contributed by atoms with van der Waals surface area (Å²) in [6.45, 7) is 0.228. The number of nitrogens with one attached hydrogen (secondary N) is 1. The number of nitrogens with zero attached hydrogens (tertiary/aromatic N) is 1. The second-order valence-corrected chi connectivity index (χ2v) is 6.75. The summed E-state index contributed by atoms with van der Waals surface area (Å²) in [6, 6.07) is 19.0. The molecule has 1 fully saturated rings. The van der Waals surface area contributed by atoms with E-state index >= 15 is 0 Å². The van der Waals surface area contributed by atoms with E-state index in [-0.39, 0.29) is 36.7 Å². The Morgan fingerprint density at radius 3 is 2.61 bits per heavy atom. The zero-order chi connectivity index (χ0) is 19.5. The molecule has 0 saturated carbocycles. The van der Waals surface area contributed by atoms with E-state index in [1.165, 1.54) is 12.1 Å². The molecule has 1 N–H and O–H groups in total. The van der Waals surface area contributed by atoms with Gasteiger partial charge < -0.3 is 15.0 Å². The maximum absolute atomic E-state index is 13.1. The molecule has 28 heavy (non-hydrogen) atoms. The lowest BCUT2D eigenvalue weighted by Gasteiger charge is -2.17. The zero-order valence-corrected chi connectivity index (χ0v) is 15.1. The van der Waals surface area contributed by atoms with E-state index in [4.69, 9.17) is 4.74 Å². The molecule has 1 aliphatic rings. The van der Waals surface area contributed by atoms with Gasteiger partial charge in [0.15, 0.2) is 6.61 Å². The Morgan fingerprint density at radius 1 is 1.07 bits per heavy atom. The van der Waals surface area contributed by atoms with Crippen molar-refractivity contribution in [2.75, 3.05) is 18.1 Å². The number of benzene rings is 3. The van der Waals surface area contributed by atoms with Crippen LogP contribution in [0.5, 0.6) is 5.75 Å².